The highest BCUT2D eigenvalue weighted by Crippen LogP contribution is 2.10. The van der Waals surface area contributed by atoms with Crippen LogP contribution in [0, 0.1) is 0 Å². The molecule has 1 rings (SSSR count). The van der Waals surface area contributed by atoms with Gasteiger partial charge in [0, 0.05) is 6.42 Å². The molecular formula is C26H36O2. The summed E-state index contributed by atoms with van der Waals surface area (Å²) < 4.78 is 5.26. The van der Waals surface area contributed by atoms with Crippen LogP contribution in [0.25, 0.3) is 0 Å². The molecule has 2 heteroatoms. The number of carbonyl (C=O) groups is 1. The fraction of sp³-hybridized carbons (Fsp3) is 0.423. The lowest BCUT2D eigenvalue weighted by molar-refractivity contribution is -0.134. The zero-order valence-corrected chi connectivity index (χ0v) is 17.4. The molecule has 0 aliphatic rings. The van der Waals surface area contributed by atoms with Crippen LogP contribution in [0.5, 0.6) is 5.75 Å². The minimum atomic E-state index is -0.165. The number of ether oxygens (including phenoxy) is 1. The van der Waals surface area contributed by atoms with Crippen molar-refractivity contribution in [1.29, 1.82) is 0 Å². The molecule has 1 aromatic carbocycles. The molecule has 2 nitrogen and oxygen atoms in total. The van der Waals surface area contributed by atoms with E-state index in [0.717, 1.165) is 32.1 Å². The number of rotatable bonds is 15. The summed E-state index contributed by atoms with van der Waals surface area (Å²) in [6.07, 6.45) is 28.0. The second kappa shape index (κ2) is 18.0. The van der Waals surface area contributed by atoms with Crippen molar-refractivity contribution in [3.05, 3.63) is 78.9 Å². The van der Waals surface area contributed by atoms with Crippen LogP contribution < -0.4 is 4.74 Å². The molecule has 0 N–H and O–H groups in total. The average Bonchev–Trinajstić information content (AvgIpc) is 2.71. The molecule has 0 saturated carbocycles. The first kappa shape index (κ1) is 23.7. The van der Waals surface area contributed by atoms with Crippen molar-refractivity contribution in [2.24, 2.45) is 0 Å². The molecule has 152 valence electrons. The monoisotopic (exact) mass is 380 g/mol. The molecule has 1 aromatic rings. The summed E-state index contributed by atoms with van der Waals surface area (Å²) in [5.74, 6) is 0.451. The van der Waals surface area contributed by atoms with Gasteiger partial charge >= 0.3 is 5.97 Å². The number of hydrogen-bond acceptors (Lipinski definition) is 2. The van der Waals surface area contributed by atoms with Crippen molar-refractivity contribution in [3.8, 4) is 5.75 Å². The van der Waals surface area contributed by atoms with E-state index >= 15 is 0 Å². The number of allylic oxidation sites excluding steroid dienone is 8. The second-order valence-corrected chi connectivity index (χ2v) is 6.77. The lowest BCUT2D eigenvalue weighted by Crippen LogP contribution is -2.06. The highest BCUT2D eigenvalue weighted by molar-refractivity contribution is 5.72. The number of esters is 1. The Morgan fingerprint density at radius 2 is 1.29 bits per heavy atom. The molecule has 0 aromatic heterocycles. The molecule has 0 spiro atoms. The van der Waals surface area contributed by atoms with Crippen molar-refractivity contribution < 1.29 is 9.53 Å². The molecule has 0 aliphatic carbocycles. The number of para-hydroxylation sites is 1. The molecule has 0 radical (unpaired) electrons. The first-order chi connectivity index (χ1) is 13.8. The first-order valence-corrected chi connectivity index (χ1v) is 10.7. The largest absolute Gasteiger partial charge is 0.427 e. The van der Waals surface area contributed by atoms with Crippen LogP contribution in [0.4, 0.5) is 0 Å². The Balaban J connectivity index is 1.95. The summed E-state index contributed by atoms with van der Waals surface area (Å²) in [7, 11) is 0. The van der Waals surface area contributed by atoms with E-state index in [1.807, 2.05) is 18.2 Å². The third kappa shape index (κ3) is 14.8. The lowest BCUT2D eigenvalue weighted by Gasteiger charge is -2.02. The molecule has 0 saturated heterocycles. The van der Waals surface area contributed by atoms with Crippen LogP contribution in [0.3, 0.4) is 0 Å². The quantitative estimate of drug-likeness (QED) is 0.135. The molecule has 0 aliphatic heterocycles. The summed E-state index contributed by atoms with van der Waals surface area (Å²) in [6, 6.07) is 9.22. The Bertz CT molecular complexity index is 609. The molecule has 0 heterocycles. The van der Waals surface area contributed by atoms with Crippen LogP contribution in [-0.2, 0) is 4.79 Å². The van der Waals surface area contributed by atoms with Gasteiger partial charge in [-0.2, -0.15) is 0 Å². The molecule has 0 atom stereocenters. The maximum atomic E-state index is 11.7. The smallest absolute Gasteiger partial charge is 0.311 e. The zero-order chi connectivity index (χ0) is 20.1. The molecule has 0 fully saturated rings. The highest BCUT2D eigenvalue weighted by Gasteiger charge is 2.02. The van der Waals surface area contributed by atoms with Crippen LogP contribution in [0.2, 0.25) is 0 Å². The standard InChI is InChI=1S/C26H36O2/c1-2-3-4-5-6-7-8-9-10-11-12-13-14-15-16-17-21-24-26(27)28-25-22-19-18-20-23-25/h6-7,9-10,12-13,15-16,18-20,22-23H,2-5,8,11,14,17,21,24H2,1H3/b7-6-,10-9-,13-12-,16-15-. The second-order valence-electron chi connectivity index (χ2n) is 6.77. The topological polar surface area (TPSA) is 26.3 Å². The number of carbonyl (C=O) groups excluding carboxylic acids is 1. The van der Waals surface area contributed by atoms with Crippen LogP contribution in [-0.4, -0.2) is 5.97 Å². The Labute approximate surface area is 171 Å². The maximum absolute atomic E-state index is 11.7. The van der Waals surface area contributed by atoms with Gasteiger partial charge < -0.3 is 4.74 Å². The van der Waals surface area contributed by atoms with Crippen LogP contribution >= 0.6 is 0 Å². The van der Waals surface area contributed by atoms with E-state index in [0.29, 0.717) is 12.2 Å². The average molecular weight is 381 g/mol. The molecule has 28 heavy (non-hydrogen) atoms. The third-order valence-electron chi connectivity index (χ3n) is 4.18. The SMILES string of the molecule is CCCCC/C=C\C/C=C\C/C=C\C/C=C\CCCC(=O)Oc1ccccc1. The molecule has 0 bridgehead atoms. The van der Waals surface area contributed by atoms with Gasteiger partial charge in [0.15, 0.2) is 0 Å². The summed E-state index contributed by atoms with van der Waals surface area (Å²) in [6.45, 7) is 2.24. The van der Waals surface area contributed by atoms with Gasteiger partial charge in [-0.3, -0.25) is 4.79 Å². The Kier molecular flexibility index (Phi) is 15.3. The minimum Gasteiger partial charge on any atom is -0.427 e. The van der Waals surface area contributed by atoms with Crippen molar-refractivity contribution in [2.75, 3.05) is 0 Å². The van der Waals surface area contributed by atoms with E-state index in [1.165, 1.54) is 25.7 Å². The zero-order valence-electron chi connectivity index (χ0n) is 17.4. The van der Waals surface area contributed by atoms with E-state index in [4.69, 9.17) is 4.74 Å². The van der Waals surface area contributed by atoms with E-state index in [-0.39, 0.29) is 5.97 Å². The molecule has 0 unspecified atom stereocenters. The van der Waals surface area contributed by atoms with Crippen LogP contribution in [0.1, 0.15) is 71.1 Å². The predicted octanol–water partition coefficient (Wildman–Crippen LogP) is 7.74. The van der Waals surface area contributed by atoms with Gasteiger partial charge in [0.1, 0.15) is 5.75 Å². The summed E-state index contributed by atoms with van der Waals surface area (Å²) in [4.78, 5) is 11.7. The van der Waals surface area contributed by atoms with E-state index in [2.05, 4.69) is 55.5 Å². The molecular weight excluding hydrogens is 344 g/mol. The maximum Gasteiger partial charge on any atom is 0.311 e. The van der Waals surface area contributed by atoms with Gasteiger partial charge in [0.05, 0.1) is 0 Å². The lowest BCUT2D eigenvalue weighted by atomic mass is 10.2. The number of hydrogen-bond donors (Lipinski definition) is 0. The van der Waals surface area contributed by atoms with Crippen LogP contribution in [0.15, 0.2) is 78.9 Å². The normalized spacial score (nSPS) is 12.0. The summed E-state index contributed by atoms with van der Waals surface area (Å²) in [5.41, 5.74) is 0. The van der Waals surface area contributed by atoms with E-state index in [1.54, 1.807) is 12.1 Å². The predicted molar refractivity (Wildman–Crippen MR) is 120 cm³/mol. The van der Waals surface area contributed by atoms with Crippen molar-refractivity contribution >= 4 is 5.97 Å². The first-order valence-electron chi connectivity index (χ1n) is 10.7. The van der Waals surface area contributed by atoms with Gasteiger partial charge in [0.25, 0.3) is 0 Å². The fourth-order valence-corrected chi connectivity index (χ4v) is 2.60. The van der Waals surface area contributed by atoms with E-state index in [9.17, 15) is 4.79 Å². The Hall–Kier alpha value is -2.35. The highest BCUT2D eigenvalue weighted by atomic mass is 16.5. The Morgan fingerprint density at radius 1 is 0.750 bits per heavy atom. The van der Waals surface area contributed by atoms with Crippen molar-refractivity contribution in [2.45, 2.75) is 71.1 Å². The van der Waals surface area contributed by atoms with E-state index < -0.39 is 0 Å². The van der Waals surface area contributed by atoms with Gasteiger partial charge in [0.2, 0.25) is 0 Å². The third-order valence-corrected chi connectivity index (χ3v) is 4.18. The van der Waals surface area contributed by atoms with Crippen molar-refractivity contribution in [3.63, 3.8) is 0 Å². The van der Waals surface area contributed by atoms with Gasteiger partial charge in [-0.25, -0.2) is 0 Å². The van der Waals surface area contributed by atoms with Gasteiger partial charge in [-0.15, -0.1) is 0 Å². The van der Waals surface area contributed by atoms with Crippen molar-refractivity contribution in [1.82, 2.24) is 0 Å². The number of benzene rings is 1. The summed E-state index contributed by atoms with van der Waals surface area (Å²) >= 11 is 0. The number of unbranched alkanes of at least 4 members (excludes halogenated alkanes) is 4. The molecule has 0 amide bonds. The Morgan fingerprint density at radius 3 is 1.86 bits per heavy atom. The summed E-state index contributed by atoms with van der Waals surface area (Å²) in [5, 5.41) is 0. The fourth-order valence-electron chi connectivity index (χ4n) is 2.60. The van der Waals surface area contributed by atoms with Gasteiger partial charge in [-0.1, -0.05) is 86.6 Å². The minimum absolute atomic E-state index is 0.165. The van der Waals surface area contributed by atoms with Gasteiger partial charge in [-0.05, 0) is 57.1 Å².